The van der Waals surface area contributed by atoms with Crippen LogP contribution in [0, 0.1) is 10.1 Å². The van der Waals surface area contributed by atoms with E-state index in [4.69, 9.17) is 16.3 Å². The molecule has 0 atom stereocenters. The summed E-state index contributed by atoms with van der Waals surface area (Å²) < 4.78 is 4.90. The molecule has 142 valence electrons. The summed E-state index contributed by atoms with van der Waals surface area (Å²) in [7, 11) is 0. The van der Waals surface area contributed by atoms with Gasteiger partial charge in [0.25, 0.3) is 17.2 Å². The molecule has 1 heterocycles. The summed E-state index contributed by atoms with van der Waals surface area (Å²) in [6.07, 6.45) is 0. The van der Waals surface area contributed by atoms with E-state index >= 15 is 0 Å². The van der Waals surface area contributed by atoms with E-state index in [2.05, 4.69) is 15.5 Å². The summed E-state index contributed by atoms with van der Waals surface area (Å²) >= 11 is 5.78. The summed E-state index contributed by atoms with van der Waals surface area (Å²) in [5.41, 5.74) is -1.14. The van der Waals surface area contributed by atoms with Crippen LogP contribution in [0.15, 0.2) is 47.3 Å². The number of ether oxygens (including phenoxy) is 1. The third-order valence-electron chi connectivity index (χ3n) is 3.65. The molecule has 0 aliphatic heterocycles. The van der Waals surface area contributed by atoms with E-state index in [1.807, 2.05) is 0 Å². The van der Waals surface area contributed by atoms with Crippen LogP contribution in [0.4, 0.5) is 11.4 Å². The number of nitrogens with one attached hydrogen (secondary N) is 2. The second-order valence-electron chi connectivity index (χ2n) is 5.49. The molecule has 0 fully saturated rings. The number of nitrogens with zero attached hydrogens (tertiary/aromatic N) is 2. The van der Waals surface area contributed by atoms with Crippen LogP contribution in [0.3, 0.4) is 0 Å². The zero-order valence-corrected chi connectivity index (χ0v) is 14.7. The lowest BCUT2D eigenvalue weighted by Gasteiger charge is -2.08. The minimum atomic E-state index is -0.941. The smallest absolute Gasteiger partial charge is 0.359 e. The monoisotopic (exact) mass is 402 g/mol. The molecule has 28 heavy (non-hydrogen) atoms. The molecule has 11 heteroatoms. The number of fused-ring (bicyclic) bond motifs is 1. The molecular formula is C17H11ClN4O6. The highest BCUT2D eigenvalue weighted by Gasteiger charge is 2.19. The van der Waals surface area contributed by atoms with Gasteiger partial charge in [-0.25, -0.2) is 9.89 Å². The molecule has 1 amide bonds. The van der Waals surface area contributed by atoms with Gasteiger partial charge in [-0.3, -0.25) is 19.7 Å². The third-order valence-corrected chi connectivity index (χ3v) is 3.89. The van der Waals surface area contributed by atoms with Crippen molar-refractivity contribution >= 4 is 45.6 Å². The number of esters is 1. The third kappa shape index (κ3) is 3.96. The van der Waals surface area contributed by atoms with Crippen LogP contribution < -0.4 is 10.9 Å². The Hall–Kier alpha value is -3.79. The summed E-state index contributed by atoms with van der Waals surface area (Å²) in [4.78, 5) is 46.3. The lowest BCUT2D eigenvalue weighted by molar-refractivity contribution is -0.383. The number of H-pyrrole nitrogens is 1. The van der Waals surface area contributed by atoms with Crippen molar-refractivity contribution in [3.05, 3.63) is 73.6 Å². The summed E-state index contributed by atoms with van der Waals surface area (Å²) in [6.45, 7) is -0.725. The number of nitro benzene ring substituents is 1. The molecule has 0 saturated heterocycles. The van der Waals surface area contributed by atoms with Crippen molar-refractivity contribution in [3.63, 3.8) is 0 Å². The number of carbonyl (C=O) groups is 2. The second kappa shape index (κ2) is 7.84. The van der Waals surface area contributed by atoms with Crippen LogP contribution in [0.2, 0.25) is 5.02 Å². The number of rotatable bonds is 5. The van der Waals surface area contributed by atoms with Gasteiger partial charge >= 0.3 is 5.97 Å². The Morgan fingerprint density at radius 2 is 1.93 bits per heavy atom. The number of hydrogen-bond donors (Lipinski definition) is 2. The average Bonchev–Trinajstić information content (AvgIpc) is 2.66. The largest absolute Gasteiger partial charge is 0.451 e. The molecule has 10 nitrogen and oxygen atoms in total. The van der Waals surface area contributed by atoms with Crippen LogP contribution in [0.5, 0.6) is 0 Å². The molecule has 0 unspecified atom stereocenters. The van der Waals surface area contributed by atoms with E-state index in [1.165, 1.54) is 24.3 Å². The van der Waals surface area contributed by atoms with E-state index in [0.29, 0.717) is 0 Å². The predicted molar refractivity (Wildman–Crippen MR) is 99.4 cm³/mol. The molecule has 2 N–H and O–H groups in total. The summed E-state index contributed by atoms with van der Waals surface area (Å²) in [5.74, 6) is -1.75. The molecule has 1 aromatic heterocycles. The van der Waals surface area contributed by atoms with Gasteiger partial charge in [-0.15, -0.1) is 0 Å². The Bertz CT molecular complexity index is 1160. The van der Waals surface area contributed by atoms with Crippen molar-refractivity contribution in [2.75, 3.05) is 11.9 Å². The Kier molecular flexibility index (Phi) is 5.32. The van der Waals surface area contributed by atoms with Crippen LogP contribution in [-0.4, -0.2) is 33.6 Å². The quantitative estimate of drug-likeness (QED) is 0.378. The molecule has 0 radical (unpaired) electrons. The van der Waals surface area contributed by atoms with Crippen molar-refractivity contribution in [1.29, 1.82) is 0 Å². The van der Waals surface area contributed by atoms with Gasteiger partial charge in [-0.2, -0.15) is 5.10 Å². The SMILES string of the molecule is O=C(COC(=O)c1n[nH]c(=O)c2ccccc12)Nc1cc(Cl)ccc1[N+](=O)[O-]. The minimum absolute atomic E-state index is 0.133. The fraction of sp³-hybridized carbons (Fsp3) is 0.0588. The highest BCUT2D eigenvalue weighted by atomic mass is 35.5. The van der Waals surface area contributed by atoms with Gasteiger partial charge in [0.1, 0.15) is 5.69 Å². The fourth-order valence-corrected chi connectivity index (χ4v) is 2.60. The summed E-state index contributed by atoms with van der Waals surface area (Å²) in [6, 6.07) is 9.92. The molecule has 3 rings (SSSR count). The fourth-order valence-electron chi connectivity index (χ4n) is 2.42. The first-order chi connectivity index (χ1) is 13.4. The number of halogens is 1. The van der Waals surface area contributed by atoms with E-state index in [0.717, 1.165) is 6.07 Å². The number of nitro groups is 1. The van der Waals surface area contributed by atoms with Gasteiger partial charge in [-0.1, -0.05) is 29.8 Å². The first-order valence-electron chi connectivity index (χ1n) is 7.75. The molecule has 0 aliphatic carbocycles. The van der Waals surface area contributed by atoms with E-state index in [9.17, 15) is 24.5 Å². The van der Waals surface area contributed by atoms with Crippen molar-refractivity contribution < 1.29 is 19.2 Å². The molecular weight excluding hydrogens is 392 g/mol. The number of anilines is 1. The standard InChI is InChI=1S/C17H11ClN4O6/c18-9-5-6-13(22(26)27)12(7-9)19-14(23)8-28-17(25)15-10-3-1-2-4-11(10)16(24)21-20-15/h1-7H,8H2,(H,19,23)(H,21,24). The predicted octanol–water partition coefficient (Wildman–Crippen LogP) is 2.28. The van der Waals surface area contributed by atoms with Gasteiger partial charge in [0.2, 0.25) is 0 Å². The van der Waals surface area contributed by atoms with Gasteiger partial charge in [-0.05, 0) is 18.2 Å². The first-order valence-corrected chi connectivity index (χ1v) is 8.13. The maximum atomic E-state index is 12.2. The van der Waals surface area contributed by atoms with E-state index in [-0.39, 0.29) is 32.9 Å². The normalized spacial score (nSPS) is 10.5. The van der Waals surface area contributed by atoms with Crippen molar-refractivity contribution in [1.82, 2.24) is 10.2 Å². The Morgan fingerprint density at radius 3 is 2.64 bits per heavy atom. The van der Waals surface area contributed by atoms with E-state index < -0.39 is 29.0 Å². The van der Waals surface area contributed by atoms with Crippen LogP contribution in [-0.2, 0) is 9.53 Å². The highest BCUT2D eigenvalue weighted by molar-refractivity contribution is 6.31. The van der Waals surface area contributed by atoms with Crippen LogP contribution in [0.1, 0.15) is 10.5 Å². The van der Waals surface area contributed by atoms with Crippen LogP contribution in [0.25, 0.3) is 10.8 Å². The number of carbonyl (C=O) groups excluding carboxylic acids is 2. The molecule has 0 aliphatic rings. The highest BCUT2D eigenvalue weighted by Crippen LogP contribution is 2.27. The average molecular weight is 403 g/mol. The molecule has 0 saturated carbocycles. The molecule has 2 aromatic carbocycles. The van der Waals surface area contributed by atoms with Gasteiger partial charge in [0.05, 0.1) is 10.3 Å². The zero-order chi connectivity index (χ0) is 20.3. The van der Waals surface area contributed by atoms with Gasteiger partial charge in [0.15, 0.2) is 12.3 Å². The molecule has 0 bridgehead atoms. The minimum Gasteiger partial charge on any atom is -0.451 e. The first kappa shape index (κ1) is 19.0. The maximum absolute atomic E-state index is 12.2. The van der Waals surface area contributed by atoms with E-state index in [1.54, 1.807) is 12.1 Å². The van der Waals surface area contributed by atoms with Crippen molar-refractivity contribution in [2.24, 2.45) is 0 Å². The lowest BCUT2D eigenvalue weighted by atomic mass is 10.1. The second-order valence-corrected chi connectivity index (χ2v) is 5.93. The maximum Gasteiger partial charge on any atom is 0.359 e. The molecule has 0 spiro atoms. The number of benzene rings is 2. The lowest BCUT2D eigenvalue weighted by Crippen LogP contribution is -2.23. The number of hydrogen-bond acceptors (Lipinski definition) is 7. The van der Waals surface area contributed by atoms with Gasteiger partial charge in [0, 0.05) is 16.5 Å². The Morgan fingerprint density at radius 1 is 1.21 bits per heavy atom. The Balaban J connectivity index is 1.73. The number of amides is 1. The van der Waals surface area contributed by atoms with Crippen molar-refractivity contribution in [2.45, 2.75) is 0 Å². The number of aromatic amines is 1. The number of aromatic nitrogens is 2. The summed E-state index contributed by atoms with van der Waals surface area (Å²) in [5, 5.41) is 19.8. The van der Waals surface area contributed by atoms with Gasteiger partial charge < -0.3 is 10.1 Å². The zero-order valence-electron chi connectivity index (χ0n) is 14.0. The van der Waals surface area contributed by atoms with Crippen LogP contribution >= 0.6 is 11.6 Å². The van der Waals surface area contributed by atoms with Crippen molar-refractivity contribution in [3.8, 4) is 0 Å². The topological polar surface area (TPSA) is 144 Å². The molecule has 3 aromatic rings. The Labute approximate surface area is 161 Å².